The van der Waals surface area contributed by atoms with E-state index < -0.39 is 0 Å². The Hall–Kier alpha value is -3.04. The predicted octanol–water partition coefficient (Wildman–Crippen LogP) is 7.84. The topological polar surface area (TPSA) is 29.3 Å². The summed E-state index contributed by atoms with van der Waals surface area (Å²) in [6, 6.07) is 22.3. The minimum Gasteiger partial charge on any atom is -0.369 e. The number of benzene rings is 2. The maximum atomic E-state index is 6.03. The Labute approximate surface area is 216 Å². The average molecular weight is 547 g/mol. The van der Waals surface area contributed by atoms with Gasteiger partial charge in [0.15, 0.2) is 0 Å². The van der Waals surface area contributed by atoms with E-state index in [1.165, 1.54) is 5.56 Å². The molecule has 0 aliphatic carbocycles. The second-order valence-electron chi connectivity index (χ2n) is 7.96. The Morgan fingerprint density at radius 2 is 1.79 bits per heavy atom. The molecule has 0 fully saturated rings. The van der Waals surface area contributed by atoms with Crippen molar-refractivity contribution in [3.05, 3.63) is 110 Å². The molecule has 0 saturated heterocycles. The van der Waals surface area contributed by atoms with Gasteiger partial charge in [-0.25, -0.2) is 4.98 Å². The minimum absolute atomic E-state index is 0.755. The molecule has 168 valence electrons. The number of fused-ring (bicyclic) bond motifs is 1. The molecule has 3 aromatic heterocycles. The highest BCUT2D eigenvalue weighted by Crippen LogP contribution is 2.35. The lowest BCUT2D eigenvalue weighted by Gasteiger charge is -2.09. The summed E-state index contributed by atoms with van der Waals surface area (Å²) in [5.41, 5.74) is 6.23. The van der Waals surface area contributed by atoms with Gasteiger partial charge in [-0.3, -0.25) is 4.40 Å². The highest BCUT2D eigenvalue weighted by atomic mass is 79.9. The first kappa shape index (κ1) is 22.7. The van der Waals surface area contributed by atoms with Gasteiger partial charge in [0, 0.05) is 38.7 Å². The molecule has 6 heteroatoms. The molecular weight excluding hydrogens is 526 g/mol. The van der Waals surface area contributed by atoms with Crippen LogP contribution in [0.4, 0.5) is 5.82 Å². The number of nitrogens with zero attached hydrogens (tertiary/aromatic N) is 2. The molecular formula is C28H21BrClN3S. The summed E-state index contributed by atoms with van der Waals surface area (Å²) in [7, 11) is 0. The maximum absolute atomic E-state index is 6.03. The molecule has 5 aromatic rings. The van der Waals surface area contributed by atoms with Gasteiger partial charge >= 0.3 is 0 Å². The summed E-state index contributed by atoms with van der Waals surface area (Å²) in [4.78, 5) is 6.11. The number of aryl methyl sites for hydroxylation is 1. The lowest BCUT2D eigenvalue weighted by molar-refractivity contribution is 0.997. The van der Waals surface area contributed by atoms with Crippen LogP contribution in [0.15, 0.2) is 82.8 Å². The third-order valence-corrected chi connectivity index (χ3v) is 7.07. The molecule has 2 aromatic carbocycles. The van der Waals surface area contributed by atoms with Gasteiger partial charge in [0.25, 0.3) is 0 Å². The number of hydrogen-bond acceptors (Lipinski definition) is 3. The molecule has 0 unspecified atom stereocenters. The number of rotatable bonds is 5. The molecule has 34 heavy (non-hydrogen) atoms. The highest BCUT2D eigenvalue weighted by molar-refractivity contribution is 9.10. The van der Waals surface area contributed by atoms with Gasteiger partial charge in [0.05, 0.1) is 4.88 Å². The Morgan fingerprint density at radius 1 is 1.03 bits per heavy atom. The Balaban J connectivity index is 1.47. The molecule has 0 atom stereocenters. The van der Waals surface area contributed by atoms with E-state index in [-0.39, 0.29) is 0 Å². The van der Waals surface area contributed by atoms with Crippen molar-refractivity contribution in [2.45, 2.75) is 13.3 Å². The second-order valence-corrected chi connectivity index (χ2v) is 10.2. The molecule has 0 radical (unpaired) electrons. The fourth-order valence-electron chi connectivity index (χ4n) is 3.78. The molecule has 0 aliphatic rings. The van der Waals surface area contributed by atoms with Crippen LogP contribution in [0.2, 0.25) is 5.02 Å². The molecule has 3 nitrogen and oxygen atoms in total. The van der Waals surface area contributed by atoms with Crippen molar-refractivity contribution in [2.75, 3.05) is 11.9 Å². The standard InChI is InChI=1S/C28H21BrClN3S/c1-19-15-23(29)17-33-27(19)32-26(28(33)31-14-13-21-9-11-24(30)12-10-21)25-16-22(18-34-25)8-7-20-5-3-2-4-6-20/h2-6,9-12,15-18,31H,13-14H2,1H3. The number of aromatic nitrogens is 2. The molecule has 0 spiro atoms. The van der Waals surface area contributed by atoms with E-state index in [1.54, 1.807) is 11.3 Å². The number of halogens is 2. The van der Waals surface area contributed by atoms with Crippen molar-refractivity contribution in [2.24, 2.45) is 0 Å². The van der Waals surface area contributed by atoms with Gasteiger partial charge in [-0.2, -0.15) is 0 Å². The van der Waals surface area contributed by atoms with Gasteiger partial charge in [-0.1, -0.05) is 53.8 Å². The fourth-order valence-corrected chi connectivity index (χ4v) is 5.28. The van der Waals surface area contributed by atoms with Crippen molar-refractivity contribution >= 4 is 50.3 Å². The van der Waals surface area contributed by atoms with Crippen LogP contribution in [0, 0.1) is 18.8 Å². The van der Waals surface area contributed by atoms with Crippen LogP contribution >= 0.6 is 38.9 Å². The average Bonchev–Trinajstić information content (AvgIpc) is 3.45. The first-order valence-corrected chi connectivity index (χ1v) is 12.9. The smallest absolute Gasteiger partial charge is 0.142 e. The van der Waals surface area contributed by atoms with Crippen molar-refractivity contribution < 1.29 is 0 Å². The van der Waals surface area contributed by atoms with Crippen LogP contribution in [0.25, 0.3) is 16.2 Å². The maximum Gasteiger partial charge on any atom is 0.142 e. The van der Waals surface area contributed by atoms with E-state index >= 15 is 0 Å². The second kappa shape index (κ2) is 10.1. The van der Waals surface area contributed by atoms with E-state index in [9.17, 15) is 0 Å². The number of thiophene rings is 1. The van der Waals surface area contributed by atoms with Crippen molar-refractivity contribution in [1.29, 1.82) is 0 Å². The number of anilines is 1. The SMILES string of the molecule is Cc1cc(Br)cn2c(NCCc3ccc(Cl)cc3)c(-c3cc(C#Cc4ccccc4)cs3)nc12. The Kier molecular flexibility index (Phi) is 6.73. The number of nitrogens with one attached hydrogen (secondary N) is 1. The summed E-state index contributed by atoms with van der Waals surface area (Å²) in [6.45, 7) is 2.86. The number of imidazole rings is 1. The molecule has 0 aliphatic heterocycles. The van der Waals surface area contributed by atoms with Gasteiger partial charge in [0.1, 0.15) is 17.2 Å². The van der Waals surface area contributed by atoms with Crippen LogP contribution < -0.4 is 5.32 Å². The van der Waals surface area contributed by atoms with Crippen LogP contribution in [-0.4, -0.2) is 15.9 Å². The summed E-state index contributed by atoms with van der Waals surface area (Å²) >= 11 is 11.3. The van der Waals surface area contributed by atoms with E-state index in [1.807, 2.05) is 42.5 Å². The Morgan fingerprint density at radius 3 is 2.59 bits per heavy atom. The summed E-state index contributed by atoms with van der Waals surface area (Å²) < 4.78 is 3.15. The first-order valence-electron chi connectivity index (χ1n) is 10.9. The van der Waals surface area contributed by atoms with E-state index in [4.69, 9.17) is 16.6 Å². The van der Waals surface area contributed by atoms with Crippen LogP contribution in [0.1, 0.15) is 22.3 Å². The molecule has 5 rings (SSSR count). The summed E-state index contributed by atoms with van der Waals surface area (Å²) in [5.74, 6) is 7.50. The molecule has 1 N–H and O–H groups in total. The van der Waals surface area contributed by atoms with E-state index in [2.05, 4.69) is 80.3 Å². The first-order chi connectivity index (χ1) is 16.6. The monoisotopic (exact) mass is 545 g/mol. The fraction of sp³-hybridized carbons (Fsp3) is 0.107. The zero-order chi connectivity index (χ0) is 23.5. The van der Waals surface area contributed by atoms with E-state index in [0.29, 0.717) is 0 Å². The third kappa shape index (κ3) is 5.05. The van der Waals surface area contributed by atoms with Gasteiger partial charge < -0.3 is 5.32 Å². The zero-order valence-electron chi connectivity index (χ0n) is 18.5. The predicted molar refractivity (Wildman–Crippen MR) is 147 cm³/mol. The van der Waals surface area contributed by atoms with E-state index in [0.717, 1.165) is 61.2 Å². The van der Waals surface area contributed by atoms with Crippen molar-refractivity contribution in [3.63, 3.8) is 0 Å². The molecule has 3 heterocycles. The van der Waals surface area contributed by atoms with Crippen molar-refractivity contribution in [1.82, 2.24) is 9.38 Å². The normalized spacial score (nSPS) is 10.8. The number of pyridine rings is 1. The highest BCUT2D eigenvalue weighted by Gasteiger charge is 2.17. The largest absolute Gasteiger partial charge is 0.369 e. The van der Waals surface area contributed by atoms with Crippen molar-refractivity contribution in [3.8, 4) is 22.4 Å². The third-order valence-electron chi connectivity index (χ3n) is 5.45. The molecule has 0 bridgehead atoms. The quantitative estimate of drug-likeness (QED) is 0.228. The lowest BCUT2D eigenvalue weighted by atomic mass is 10.1. The minimum atomic E-state index is 0.755. The van der Waals surface area contributed by atoms with Crippen LogP contribution in [-0.2, 0) is 6.42 Å². The molecule has 0 saturated carbocycles. The summed E-state index contributed by atoms with van der Waals surface area (Å²) in [6.07, 6.45) is 2.95. The summed E-state index contributed by atoms with van der Waals surface area (Å²) in [5, 5.41) is 6.48. The van der Waals surface area contributed by atoms with Gasteiger partial charge in [-0.15, -0.1) is 11.3 Å². The van der Waals surface area contributed by atoms with Crippen LogP contribution in [0.5, 0.6) is 0 Å². The number of hydrogen-bond donors (Lipinski definition) is 1. The van der Waals surface area contributed by atoms with Gasteiger partial charge in [-0.05, 0) is 76.8 Å². The lowest BCUT2D eigenvalue weighted by Crippen LogP contribution is -2.08. The molecule has 0 amide bonds. The van der Waals surface area contributed by atoms with Crippen LogP contribution in [0.3, 0.4) is 0 Å². The zero-order valence-corrected chi connectivity index (χ0v) is 21.6. The Bertz CT molecular complexity index is 1510. The van der Waals surface area contributed by atoms with Gasteiger partial charge in [0.2, 0.25) is 0 Å².